The Kier molecular flexibility index (Phi) is 4.01. The predicted molar refractivity (Wildman–Crippen MR) is 86.7 cm³/mol. The minimum atomic E-state index is 0.456. The van der Waals surface area contributed by atoms with E-state index in [9.17, 15) is 0 Å². The van der Waals surface area contributed by atoms with Crippen LogP contribution in [0.4, 0.5) is 11.5 Å². The molecule has 3 rings (SSSR count). The second-order valence-electron chi connectivity index (χ2n) is 5.72. The number of hydrogen-bond acceptors (Lipinski definition) is 4. The zero-order valence-electron chi connectivity index (χ0n) is 12.5. The third-order valence-electron chi connectivity index (χ3n) is 4.00. The van der Waals surface area contributed by atoms with Gasteiger partial charge in [-0.1, -0.05) is 5.92 Å². The minimum Gasteiger partial charge on any atom is -0.384 e. The van der Waals surface area contributed by atoms with Crippen molar-refractivity contribution in [2.24, 2.45) is 0 Å². The highest BCUT2D eigenvalue weighted by atomic mass is 15.2. The molecule has 1 unspecified atom stereocenters. The van der Waals surface area contributed by atoms with E-state index in [1.807, 2.05) is 19.1 Å². The quantitative estimate of drug-likeness (QED) is 0.835. The van der Waals surface area contributed by atoms with Crippen molar-refractivity contribution >= 4 is 11.5 Å². The molecule has 0 radical (unpaired) electrons. The maximum atomic E-state index is 5.79. The number of nitrogens with one attached hydrogen (secondary N) is 1. The molecule has 1 saturated heterocycles. The summed E-state index contributed by atoms with van der Waals surface area (Å²) in [5, 5.41) is 3.65. The van der Waals surface area contributed by atoms with Crippen LogP contribution in [0.3, 0.4) is 0 Å². The van der Waals surface area contributed by atoms with Gasteiger partial charge in [0.1, 0.15) is 5.82 Å². The third-order valence-corrected chi connectivity index (χ3v) is 4.00. The van der Waals surface area contributed by atoms with E-state index in [2.05, 4.69) is 27.0 Å². The Morgan fingerprint density at radius 2 is 2.33 bits per heavy atom. The van der Waals surface area contributed by atoms with Gasteiger partial charge in [-0.3, -0.25) is 0 Å². The van der Waals surface area contributed by atoms with Crippen molar-refractivity contribution in [3.63, 3.8) is 0 Å². The Morgan fingerprint density at radius 3 is 3.05 bits per heavy atom. The third kappa shape index (κ3) is 3.49. The summed E-state index contributed by atoms with van der Waals surface area (Å²) in [5.41, 5.74) is 9.60. The largest absolute Gasteiger partial charge is 0.384 e. The zero-order valence-corrected chi connectivity index (χ0v) is 12.5. The maximum Gasteiger partial charge on any atom is 0.125 e. The molecule has 1 saturated carbocycles. The van der Waals surface area contributed by atoms with Crippen LogP contribution in [0.2, 0.25) is 0 Å². The fourth-order valence-corrected chi connectivity index (χ4v) is 2.83. The van der Waals surface area contributed by atoms with Crippen molar-refractivity contribution in [1.82, 2.24) is 10.3 Å². The highest BCUT2D eigenvalue weighted by molar-refractivity contribution is 5.52. The predicted octanol–water partition coefficient (Wildman–Crippen LogP) is 2.29. The summed E-state index contributed by atoms with van der Waals surface area (Å²) in [4.78, 5) is 6.45. The summed E-state index contributed by atoms with van der Waals surface area (Å²) >= 11 is 0. The Bertz CT molecular complexity index is 603. The first-order chi connectivity index (χ1) is 10.3. The van der Waals surface area contributed by atoms with Crippen molar-refractivity contribution in [3.8, 4) is 11.8 Å². The summed E-state index contributed by atoms with van der Waals surface area (Å²) in [6.45, 7) is 3.97. The van der Waals surface area contributed by atoms with Gasteiger partial charge in [0.2, 0.25) is 0 Å². The molecule has 0 spiro atoms. The van der Waals surface area contributed by atoms with Gasteiger partial charge >= 0.3 is 0 Å². The van der Waals surface area contributed by atoms with E-state index in [0.717, 1.165) is 18.8 Å². The molecule has 4 nitrogen and oxygen atoms in total. The monoisotopic (exact) mass is 282 g/mol. The summed E-state index contributed by atoms with van der Waals surface area (Å²) in [6, 6.07) is 4.44. The molecular formula is C17H22N4. The molecular weight excluding hydrogens is 260 g/mol. The second kappa shape index (κ2) is 6.09. The number of anilines is 2. The van der Waals surface area contributed by atoms with Crippen molar-refractivity contribution in [2.45, 2.75) is 38.6 Å². The van der Waals surface area contributed by atoms with E-state index in [1.54, 1.807) is 6.20 Å². The SMILES string of the molecule is CC#CC(NC1CCCN(c2ccnc(N)c2)C1)=C1CC1. The van der Waals surface area contributed by atoms with E-state index in [4.69, 9.17) is 5.73 Å². The van der Waals surface area contributed by atoms with E-state index in [-0.39, 0.29) is 0 Å². The lowest BCUT2D eigenvalue weighted by Crippen LogP contribution is -2.45. The lowest BCUT2D eigenvalue weighted by molar-refractivity contribution is 0.456. The Labute approximate surface area is 126 Å². The first-order valence-electron chi connectivity index (χ1n) is 7.64. The number of piperidine rings is 1. The molecule has 110 valence electrons. The minimum absolute atomic E-state index is 0.456. The van der Waals surface area contributed by atoms with Crippen molar-refractivity contribution in [1.29, 1.82) is 0 Å². The normalized spacial score (nSPS) is 20.5. The van der Waals surface area contributed by atoms with E-state index in [0.29, 0.717) is 11.9 Å². The molecule has 2 fully saturated rings. The topological polar surface area (TPSA) is 54.2 Å². The summed E-state index contributed by atoms with van der Waals surface area (Å²) < 4.78 is 0. The Morgan fingerprint density at radius 1 is 1.48 bits per heavy atom. The van der Waals surface area contributed by atoms with Gasteiger partial charge in [-0.25, -0.2) is 4.98 Å². The van der Waals surface area contributed by atoms with Crippen LogP contribution < -0.4 is 16.0 Å². The van der Waals surface area contributed by atoms with Crippen LogP contribution in [0.25, 0.3) is 0 Å². The number of aromatic nitrogens is 1. The number of nitrogens with zero attached hydrogens (tertiary/aromatic N) is 2. The average molecular weight is 282 g/mol. The maximum absolute atomic E-state index is 5.79. The van der Waals surface area contributed by atoms with Gasteiger partial charge < -0.3 is 16.0 Å². The van der Waals surface area contributed by atoms with Gasteiger partial charge in [-0.15, -0.1) is 0 Å². The zero-order chi connectivity index (χ0) is 14.7. The van der Waals surface area contributed by atoms with Gasteiger partial charge in [0.05, 0.1) is 5.70 Å². The first kappa shape index (κ1) is 13.8. The van der Waals surface area contributed by atoms with Gasteiger partial charge in [-0.05, 0) is 50.2 Å². The van der Waals surface area contributed by atoms with Crippen LogP contribution in [0, 0.1) is 11.8 Å². The molecule has 4 heteroatoms. The van der Waals surface area contributed by atoms with E-state index in [1.165, 1.54) is 37.0 Å². The number of hydrogen-bond donors (Lipinski definition) is 2. The smallest absolute Gasteiger partial charge is 0.125 e. The molecule has 1 aromatic rings. The van der Waals surface area contributed by atoms with Gasteiger partial charge in [0, 0.05) is 37.1 Å². The van der Waals surface area contributed by atoms with Gasteiger partial charge in [0.15, 0.2) is 0 Å². The van der Waals surface area contributed by atoms with Crippen LogP contribution in [0.1, 0.15) is 32.6 Å². The highest BCUT2D eigenvalue weighted by Crippen LogP contribution is 2.31. The fourth-order valence-electron chi connectivity index (χ4n) is 2.83. The fraction of sp³-hybridized carbons (Fsp3) is 0.471. The molecule has 3 N–H and O–H groups in total. The summed E-state index contributed by atoms with van der Waals surface area (Å²) in [6.07, 6.45) is 6.56. The molecule has 2 heterocycles. The van der Waals surface area contributed by atoms with Crippen LogP contribution in [-0.4, -0.2) is 24.1 Å². The molecule has 1 aliphatic heterocycles. The molecule has 1 atom stereocenters. The lowest BCUT2D eigenvalue weighted by Gasteiger charge is -2.35. The number of allylic oxidation sites excluding steroid dienone is 2. The van der Waals surface area contributed by atoms with Crippen LogP contribution >= 0.6 is 0 Å². The molecule has 1 aromatic heterocycles. The number of nitrogen functional groups attached to an aromatic ring is 1. The van der Waals surface area contributed by atoms with Crippen molar-refractivity contribution in [2.75, 3.05) is 23.7 Å². The number of nitrogens with two attached hydrogens (primary N) is 1. The highest BCUT2D eigenvalue weighted by Gasteiger charge is 2.23. The van der Waals surface area contributed by atoms with Gasteiger partial charge in [-0.2, -0.15) is 0 Å². The molecule has 0 aromatic carbocycles. The summed E-state index contributed by atoms with van der Waals surface area (Å²) in [5.74, 6) is 6.83. The van der Waals surface area contributed by atoms with Crippen LogP contribution in [0.15, 0.2) is 29.6 Å². The van der Waals surface area contributed by atoms with Gasteiger partial charge in [0.25, 0.3) is 0 Å². The number of pyridine rings is 1. The molecule has 1 aliphatic carbocycles. The van der Waals surface area contributed by atoms with E-state index < -0.39 is 0 Å². The Hall–Kier alpha value is -2.15. The van der Waals surface area contributed by atoms with E-state index >= 15 is 0 Å². The number of rotatable bonds is 3. The molecule has 0 amide bonds. The second-order valence-corrected chi connectivity index (χ2v) is 5.72. The summed E-state index contributed by atoms with van der Waals surface area (Å²) in [7, 11) is 0. The molecule has 0 bridgehead atoms. The first-order valence-corrected chi connectivity index (χ1v) is 7.64. The lowest BCUT2D eigenvalue weighted by atomic mass is 10.0. The van der Waals surface area contributed by atoms with Crippen molar-refractivity contribution < 1.29 is 0 Å². The van der Waals surface area contributed by atoms with Crippen LogP contribution in [-0.2, 0) is 0 Å². The Balaban J connectivity index is 1.68. The molecule has 21 heavy (non-hydrogen) atoms. The van der Waals surface area contributed by atoms with Crippen LogP contribution in [0.5, 0.6) is 0 Å². The van der Waals surface area contributed by atoms with Crippen molar-refractivity contribution in [3.05, 3.63) is 29.6 Å². The average Bonchev–Trinajstić information content (AvgIpc) is 3.32. The standard InChI is InChI=1S/C17H22N4/c1-2-4-16(13-6-7-13)20-14-5-3-10-21(12-14)15-8-9-19-17(18)11-15/h8-9,11,14,20H,3,5-7,10,12H2,1H3,(H2,18,19). The molecule has 2 aliphatic rings.